The smallest absolute Gasteiger partial charge is 0.309 e. The Balaban J connectivity index is 4.08. The van der Waals surface area contributed by atoms with Crippen LogP contribution in [0.2, 0.25) is 0 Å². The fraction of sp³-hybridized carbons (Fsp3) is 0.800. The highest BCUT2D eigenvalue weighted by molar-refractivity contribution is 5.72. The Morgan fingerprint density at radius 3 is 2.54 bits per heavy atom. The summed E-state index contributed by atoms with van der Waals surface area (Å²) >= 11 is 0. The van der Waals surface area contributed by atoms with Gasteiger partial charge in [-0.15, -0.1) is 0 Å². The average Bonchev–Trinajstić information content (AvgIpc) is 2.03. The van der Waals surface area contributed by atoms with Crippen LogP contribution in [0.5, 0.6) is 0 Å². The van der Waals surface area contributed by atoms with Crippen molar-refractivity contribution < 1.29 is 9.53 Å². The lowest BCUT2D eigenvalue weighted by molar-refractivity contribution is -0.148. The Labute approximate surface area is 79.7 Å². The Hall–Kier alpha value is -1.04. The number of ether oxygens (including phenoxy) is 1. The Morgan fingerprint density at radius 1 is 1.54 bits per heavy atom. The largest absolute Gasteiger partial charge is 0.466 e. The van der Waals surface area contributed by atoms with Crippen molar-refractivity contribution in [2.75, 3.05) is 6.61 Å². The van der Waals surface area contributed by atoms with Crippen LogP contribution >= 0.6 is 0 Å². The van der Waals surface area contributed by atoms with Gasteiger partial charge in [0.25, 0.3) is 0 Å². The third kappa shape index (κ3) is 5.24. The number of nitrogens with zero attached hydrogens (tertiary/aromatic N) is 1. The highest BCUT2D eigenvalue weighted by Crippen LogP contribution is 2.16. The molecule has 0 aliphatic carbocycles. The van der Waals surface area contributed by atoms with Gasteiger partial charge in [0.05, 0.1) is 18.6 Å². The van der Waals surface area contributed by atoms with Gasteiger partial charge in [0.1, 0.15) is 0 Å². The van der Waals surface area contributed by atoms with Gasteiger partial charge in [0.2, 0.25) is 0 Å². The fourth-order valence-electron chi connectivity index (χ4n) is 1.20. The molecule has 0 unspecified atom stereocenters. The second-order valence-corrected chi connectivity index (χ2v) is 3.44. The number of hydrogen-bond acceptors (Lipinski definition) is 3. The summed E-state index contributed by atoms with van der Waals surface area (Å²) in [6.07, 6.45) is 0.989. The molecule has 74 valence electrons. The molecule has 0 N–H and O–H groups in total. The van der Waals surface area contributed by atoms with E-state index in [-0.39, 0.29) is 18.3 Å². The number of carbonyl (C=O) groups excluding carboxylic acids is 1. The third-order valence-corrected chi connectivity index (χ3v) is 1.71. The van der Waals surface area contributed by atoms with Crippen molar-refractivity contribution in [3.8, 4) is 6.07 Å². The number of rotatable bonds is 5. The van der Waals surface area contributed by atoms with Crippen LogP contribution in [0.25, 0.3) is 0 Å². The van der Waals surface area contributed by atoms with E-state index in [2.05, 4.69) is 0 Å². The van der Waals surface area contributed by atoms with Gasteiger partial charge >= 0.3 is 5.97 Å². The summed E-state index contributed by atoms with van der Waals surface area (Å²) in [5.41, 5.74) is 0. The van der Waals surface area contributed by atoms with E-state index in [1.807, 2.05) is 19.9 Å². The quantitative estimate of drug-likeness (QED) is 0.613. The van der Waals surface area contributed by atoms with Crippen molar-refractivity contribution in [3.63, 3.8) is 0 Å². The van der Waals surface area contributed by atoms with Crippen LogP contribution in [0.3, 0.4) is 0 Å². The summed E-state index contributed by atoms with van der Waals surface area (Å²) in [7, 11) is 0. The van der Waals surface area contributed by atoms with E-state index in [1.54, 1.807) is 6.92 Å². The molecule has 0 aliphatic rings. The van der Waals surface area contributed by atoms with Crippen LogP contribution in [0.1, 0.15) is 33.6 Å². The van der Waals surface area contributed by atoms with Crippen molar-refractivity contribution in [2.24, 2.45) is 11.8 Å². The monoisotopic (exact) mass is 183 g/mol. The summed E-state index contributed by atoms with van der Waals surface area (Å²) in [6.45, 7) is 6.22. The summed E-state index contributed by atoms with van der Waals surface area (Å²) in [5, 5.41) is 8.51. The molecule has 0 fully saturated rings. The van der Waals surface area contributed by atoms with Crippen LogP contribution in [0, 0.1) is 23.2 Å². The van der Waals surface area contributed by atoms with Gasteiger partial charge in [0.15, 0.2) is 0 Å². The zero-order valence-electron chi connectivity index (χ0n) is 8.54. The third-order valence-electron chi connectivity index (χ3n) is 1.71. The minimum absolute atomic E-state index is 0.238. The number of carbonyl (C=O) groups is 1. The van der Waals surface area contributed by atoms with Gasteiger partial charge in [-0.1, -0.05) is 13.8 Å². The molecule has 0 saturated heterocycles. The number of hydrogen-bond donors (Lipinski definition) is 0. The molecule has 13 heavy (non-hydrogen) atoms. The second kappa shape index (κ2) is 6.47. The first-order valence-electron chi connectivity index (χ1n) is 4.65. The van der Waals surface area contributed by atoms with E-state index in [0.717, 1.165) is 6.42 Å². The van der Waals surface area contributed by atoms with Gasteiger partial charge in [-0.25, -0.2) is 0 Å². The molecule has 0 radical (unpaired) electrons. The highest BCUT2D eigenvalue weighted by atomic mass is 16.5. The Morgan fingerprint density at radius 2 is 2.15 bits per heavy atom. The summed E-state index contributed by atoms with van der Waals surface area (Å²) in [6, 6.07) is 2.01. The number of nitriles is 1. The highest BCUT2D eigenvalue weighted by Gasteiger charge is 2.20. The first kappa shape index (κ1) is 12.0. The van der Waals surface area contributed by atoms with Crippen LogP contribution in [-0.2, 0) is 9.53 Å². The lowest BCUT2D eigenvalue weighted by Gasteiger charge is -2.13. The summed E-state index contributed by atoms with van der Waals surface area (Å²) in [4.78, 5) is 11.3. The van der Waals surface area contributed by atoms with Crippen molar-refractivity contribution in [2.45, 2.75) is 33.6 Å². The van der Waals surface area contributed by atoms with Crippen LogP contribution in [0.4, 0.5) is 0 Å². The van der Waals surface area contributed by atoms with Crippen LogP contribution in [0.15, 0.2) is 0 Å². The van der Waals surface area contributed by atoms with E-state index >= 15 is 0 Å². The SMILES string of the molecule is CCOC(=O)[C@H](CC#N)CC(C)C. The topological polar surface area (TPSA) is 50.1 Å². The molecule has 0 bridgehead atoms. The Bertz CT molecular complexity index is 194. The van der Waals surface area contributed by atoms with E-state index in [9.17, 15) is 4.79 Å². The van der Waals surface area contributed by atoms with Crippen molar-refractivity contribution >= 4 is 5.97 Å². The molecular weight excluding hydrogens is 166 g/mol. The summed E-state index contributed by atoms with van der Waals surface area (Å²) in [5.74, 6) is -0.0644. The van der Waals surface area contributed by atoms with Crippen LogP contribution in [-0.4, -0.2) is 12.6 Å². The van der Waals surface area contributed by atoms with Crippen LogP contribution < -0.4 is 0 Å². The van der Waals surface area contributed by atoms with Crippen molar-refractivity contribution in [1.29, 1.82) is 5.26 Å². The first-order chi connectivity index (χ1) is 6.11. The van der Waals surface area contributed by atoms with Crippen molar-refractivity contribution in [3.05, 3.63) is 0 Å². The molecule has 0 aromatic carbocycles. The molecule has 0 spiro atoms. The molecular formula is C10H17NO2. The molecule has 0 aromatic rings. The maximum Gasteiger partial charge on any atom is 0.309 e. The van der Waals surface area contributed by atoms with E-state index in [4.69, 9.17) is 10.00 Å². The predicted molar refractivity (Wildman–Crippen MR) is 49.8 cm³/mol. The maximum atomic E-state index is 11.3. The summed E-state index contributed by atoms with van der Waals surface area (Å²) < 4.78 is 4.87. The van der Waals surface area contributed by atoms with Gasteiger partial charge < -0.3 is 4.74 Å². The Kier molecular flexibility index (Phi) is 5.96. The van der Waals surface area contributed by atoms with E-state index in [0.29, 0.717) is 12.5 Å². The minimum atomic E-state index is -0.245. The van der Waals surface area contributed by atoms with Crippen molar-refractivity contribution in [1.82, 2.24) is 0 Å². The molecule has 0 saturated carbocycles. The zero-order valence-corrected chi connectivity index (χ0v) is 8.54. The zero-order chi connectivity index (χ0) is 10.3. The van der Waals surface area contributed by atoms with E-state index in [1.165, 1.54) is 0 Å². The first-order valence-corrected chi connectivity index (χ1v) is 4.65. The molecule has 3 nitrogen and oxygen atoms in total. The van der Waals surface area contributed by atoms with Gasteiger partial charge in [0, 0.05) is 6.42 Å². The fourth-order valence-corrected chi connectivity index (χ4v) is 1.20. The maximum absolute atomic E-state index is 11.3. The molecule has 1 atom stereocenters. The molecule has 0 amide bonds. The molecule has 0 aromatic heterocycles. The molecule has 3 heteroatoms. The second-order valence-electron chi connectivity index (χ2n) is 3.44. The van der Waals surface area contributed by atoms with Gasteiger partial charge in [-0.3, -0.25) is 4.79 Å². The average molecular weight is 183 g/mol. The van der Waals surface area contributed by atoms with E-state index < -0.39 is 0 Å². The number of esters is 1. The standard InChI is InChI=1S/C10H17NO2/c1-4-13-10(12)9(5-6-11)7-8(2)3/h8-9H,4-5,7H2,1-3H3/t9-/m1/s1. The molecule has 0 heterocycles. The molecule has 0 rings (SSSR count). The van der Waals surface area contributed by atoms with Gasteiger partial charge in [-0.2, -0.15) is 5.26 Å². The lowest BCUT2D eigenvalue weighted by Crippen LogP contribution is -2.19. The predicted octanol–water partition coefficient (Wildman–Crippen LogP) is 2.13. The van der Waals surface area contributed by atoms with Gasteiger partial charge in [-0.05, 0) is 19.3 Å². The normalized spacial score (nSPS) is 12.2. The lowest BCUT2D eigenvalue weighted by atomic mass is 9.95. The molecule has 0 aliphatic heterocycles. The minimum Gasteiger partial charge on any atom is -0.466 e.